The normalized spacial score (nSPS) is 10.2. The van der Waals surface area contributed by atoms with Crippen molar-refractivity contribution >= 4 is 65.1 Å². The van der Waals surface area contributed by atoms with Crippen LogP contribution in [0.25, 0.3) is 0 Å². The Morgan fingerprint density at radius 3 is 2.24 bits per heavy atom. The van der Waals surface area contributed by atoms with Crippen molar-refractivity contribution in [2.24, 2.45) is 0 Å². The highest BCUT2D eigenvalue weighted by atomic mass is 79.9. The highest BCUT2D eigenvalue weighted by Crippen LogP contribution is 2.32. The van der Waals surface area contributed by atoms with Crippen LogP contribution in [0.2, 0.25) is 0 Å². The van der Waals surface area contributed by atoms with Gasteiger partial charge in [-0.25, -0.2) is 0 Å². The zero-order valence-electron chi connectivity index (χ0n) is 10.3. The predicted octanol–water partition coefficient (Wildman–Crippen LogP) is 5.13. The van der Waals surface area contributed by atoms with Gasteiger partial charge in [-0.15, -0.1) is 0 Å². The third kappa shape index (κ3) is 3.69. The van der Waals surface area contributed by atoms with Crippen LogP contribution in [0.1, 0.15) is 10.4 Å². The summed E-state index contributed by atoms with van der Waals surface area (Å²) in [5.41, 5.74) is 0.599. The van der Waals surface area contributed by atoms with Crippen molar-refractivity contribution in [1.82, 2.24) is 0 Å². The number of amides is 1. The van der Waals surface area contributed by atoms with Crippen LogP contribution in [-0.2, 0) is 0 Å². The fourth-order valence-electron chi connectivity index (χ4n) is 1.60. The Labute approximate surface area is 145 Å². The predicted molar refractivity (Wildman–Crippen MR) is 90.6 cm³/mol. The number of non-ortho nitro benzene ring substituents is 1. The number of carbonyl (C=O) groups excluding carboxylic acids is 1. The van der Waals surface area contributed by atoms with Crippen LogP contribution in [0.3, 0.4) is 0 Å². The van der Waals surface area contributed by atoms with Crippen molar-refractivity contribution in [3.05, 3.63) is 65.5 Å². The van der Waals surface area contributed by atoms with Gasteiger partial charge in [0.2, 0.25) is 0 Å². The average molecular weight is 479 g/mol. The van der Waals surface area contributed by atoms with E-state index in [4.69, 9.17) is 0 Å². The second-order valence-corrected chi connectivity index (χ2v) is 6.54. The fraction of sp³-hybridized carbons (Fsp3) is 0. The molecule has 0 heterocycles. The van der Waals surface area contributed by atoms with Gasteiger partial charge in [-0.3, -0.25) is 14.9 Å². The number of anilines is 1. The number of nitrogens with one attached hydrogen (secondary N) is 1. The number of hydrogen-bond acceptors (Lipinski definition) is 3. The molecule has 8 heteroatoms. The molecule has 0 saturated heterocycles. The first-order valence-electron chi connectivity index (χ1n) is 5.59. The SMILES string of the molecule is O=C(Nc1c(Br)cccc1Br)c1cc([N+](=O)[O-])ccc1Br. The van der Waals surface area contributed by atoms with E-state index in [2.05, 4.69) is 53.1 Å². The van der Waals surface area contributed by atoms with Gasteiger partial charge >= 0.3 is 0 Å². The lowest BCUT2D eigenvalue weighted by Crippen LogP contribution is -2.13. The second kappa shape index (κ2) is 6.67. The third-order valence-corrected chi connectivity index (χ3v) is 4.62. The maximum atomic E-state index is 12.3. The summed E-state index contributed by atoms with van der Waals surface area (Å²) in [6.07, 6.45) is 0. The molecule has 0 aliphatic carbocycles. The molecule has 0 atom stereocenters. The number of para-hydroxylation sites is 1. The molecule has 0 radical (unpaired) electrons. The largest absolute Gasteiger partial charge is 0.320 e. The molecule has 0 aliphatic rings. The first-order chi connectivity index (χ1) is 9.90. The summed E-state index contributed by atoms with van der Waals surface area (Å²) in [6.45, 7) is 0. The Morgan fingerprint density at radius 1 is 1.05 bits per heavy atom. The molecule has 108 valence electrons. The Balaban J connectivity index is 2.37. The summed E-state index contributed by atoms with van der Waals surface area (Å²) in [6, 6.07) is 9.40. The van der Waals surface area contributed by atoms with E-state index in [1.807, 2.05) is 6.07 Å². The maximum Gasteiger partial charge on any atom is 0.270 e. The van der Waals surface area contributed by atoms with Crippen LogP contribution in [0.5, 0.6) is 0 Å². The minimum Gasteiger partial charge on any atom is -0.320 e. The van der Waals surface area contributed by atoms with Crippen molar-refractivity contribution in [2.75, 3.05) is 5.32 Å². The monoisotopic (exact) mass is 476 g/mol. The van der Waals surface area contributed by atoms with E-state index in [1.54, 1.807) is 12.1 Å². The van der Waals surface area contributed by atoms with Crippen molar-refractivity contribution in [2.45, 2.75) is 0 Å². The van der Waals surface area contributed by atoms with Crippen LogP contribution in [0.4, 0.5) is 11.4 Å². The standard InChI is InChI=1S/C13H7Br3N2O3/c14-9-5-4-7(18(20)21)6-8(9)13(19)17-12-10(15)2-1-3-11(12)16/h1-6H,(H,17,19). The molecule has 2 aromatic carbocycles. The van der Waals surface area contributed by atoms with E-state index < -0.39 is 10.8 Å². The number of halogens is 3. The van der Waals surface area contributed by atoms with Gasteiger partial charge in [0.15, 0.2) is 0 Å². The molecular weight excluding hydrogens is 472 g/mol. The third-order valence-electron chi connectivity index (χ3n) is 2.61. The Morgan fingerprint density at radius 2 is 1.67 bits per heavy atom. The van der Waals surface area contributed by atoms with E-state index in [9.17, 15) is 14.9 Å². The number of carbonyl (C=O) groups is 1. The van der Waals surface area contributed by atoms with Gasteiger partial charge in [0, 0.05) is 25.6 Å². The number of benzene rings is 2. The van der Waals surface area contributed by atoms with Gasteiger partial charge in [-0.2, -0.15) is 0 Å². The van der Waals surface area contributed by atoms with Crippen molar-refractivity contribution in [3.8, 4) is 0 Å². The number of nitrogens with zero attached hydrogens (tertiary/aromatic N) is 1. The molecular formula is C13H7Br3N2O3. The topological polar surface area (TPSA) is 72.2 Å². The second-order valence-electron chi connectivity index (χ2n) is 3.97. The van der Waals surface area contributed by atoms with E-state index in [1.165, 1.54) is 18.2 Å². The molecule has 1 N–H and O–H groups in total. The summed E-state index contributed by atoms with van der Waals surface area (Å²) in [7, 11) is 0. The zero-order chi connectivity index (χ0) is 15.6. The molecule has 0 unspecified atom stereocenters. The zero-order valence-corrected chi connectivity index (χ0v) is 15.0. The van der Waals surface area contributed by atoms with Gasteiger partial charge in [0.25, 0.3) is 11.6 Å². The molecule has 0 bridgehead atoms. The molecule has 2 rings (SSSR count). The summed E-state index contributed by atoms with van der Waals surface area (Å²) in [5.74, 6) is -0.446. The van der Waals surface area contributed by atoms with Crippen molar-refractivity contribution in [1.29, 1.82) is 0 Å². The van der Waals surface area contributed by atoms with Crippen LogP contribution in [-0.4, -0.2) is 10.8 Å². The van der Waals surface area contributed by atoms with Crippen LogP contribution in [0, 0.1) is 10.1 Å². The van der Waals surface area contributed by atoms with Crippen molar-refractivity contribution < 1.29 is 9.72 Å². The lowest BCUT2D eigenvalue weighted by Gasteiger charge is -2.10. The smallest absolute Gasteiger partial charge is 0.270 e. The molecule has 21 heavy (non-hydrogen) atoms. The minimum atomic E-state index is -0.544. The average Bonchev–Trinajstić information content (AvgIpc) is 2.43. The lowest BCUT2D eigenvalue weighted by atomic mass is 10.2. The number of rotatable bonds is 3. The summed E-state index contributed by atoms with van der Waals surface area (Å²) < 4.78 is 1.88. The van der Waals surface area contributed by atoms with Crippen molar-refractivity contribution in [3.63, 3.8) is 0 Å². The first kappa shape index (κ1) is 16.1. The Hall–Kier alpha value is -1.25. The van der Waals surface area contributed by atoms with E-state index in [-0.39, 0.29) is 11.3 Å². The molecule has 0 aromatic heterocycles. The summed E-state index contributed by atoms with van der Waals surface area (Å²) >= 11 is 9.90. The molecule has 0 fully saturated rings. The van der Waals surface area contributed by atoms with Gasteiger partial charge in [0.05, 0.1) is 16.2 Å². The molecule has 0 spiro atoms. The van der Waals surface area contributed by atoms with Crippen LogP contribution >= 0.6 is 47.8 Å². The van der Waals surface area contributed by atoms with Gasteiger partial charge in [-0.05, 0) is 66.0 Å². The highest BCUT2D eigenvalue weighted by Gasteiger charge is 2.17. The number of hydrogen-bond donors (Lipinski definition) is 1. The fourth-order valence-corrected chi connectivity index (χ4v) is 3.22. The highest BCUT2D eigenvalue weighted by molar-refractivity contribution is 9.11. The minimum absolute atomic E-state index is 0.144. The summed E-state index contributed by atoms with van der Waals surface area (Å²) in [4.78, 5) is 22.6. The molecule has 1 amide bonds. The van der Waals surface area contributed by atoms with Crippen LogP contribution < -0.4 is 5.32 Å². The molecule has 0 saturated carbocycles. The van der Waals surface area contributed by atoms with Gasteiger partial charge in [0.1, 0.15) is 0 Å². The number of nitro groups is 1. The Kier molecular flexibility index (Phi) is 5.13. The number of nitro benzene ring substituents is 1. The molecule has 2 aromatic rings. The first-order valence-corrected chi connectivity index (χ1v) is 7.97. The lowest BCUT2D eigenvalue weighted by molar-refractivity contribution is -0.384. The van der Waals surface area contributed by atoms with Gasteiger partial charge in [-0.1, -0.05) is 6.07 Å². The van der Waals surface area contributed by atoms with E-state index in [0.717, 1.165) is 0 Å². The van der Waals surface area contributed by atoms with E-state index in [0.29, 0.717) is 19.1 Å². The summed E-state index contributed by atoms with van der Waals surface area (Å²) in [5, 5.41) is 13.5. The Bertz CT molecular complexity index is 714. The maximum absolute atomic E-state index is 12.3. The van der Waals surface area contributed by atoms with Crippen LogP contribution in [0.15, 0.2) is 49.8 Å². The molecule has 5 nitrogen and oxygen atoms in total. The molecule has 0 aliphatic heterocycles. The quantitative estimate of drug-likeness (QED) is 0.490. The van der Waals surface area contributed by atoms with Gasteiger partial charge < -0.3 is 5.32 Å². The van der Waals surface area contributed by atoms with E-state index >= 15 is 0 Å².